The van der Waals surface area contributed by atoms with Crippen LogP contribution >= 0.6 is 0 Å². The van der Waals surface area contributed by atoms with Gasteiger partial charge in [-0.2, -0.15) is 0 Å². The molecule has 5 heteroatoms. The van der Waals surface area contributed by atoms with Gasteiger partial charge in [-0.05, 0) is 18.6 Å². The van der Waals surface area contributed by atoms with Crippen LogP contribution in [0, 0.1) is 0 Å². The average molecular weight is 263 g/mol. The number of hydrogen-bond acceptors (Lipinski definition) is 4. The third kappa shape index (κ3) is 6.88. The molecule has 1 amide bonds. The maximum absolute atomic E-state index is 11.4. The van der Waals surface area contributed by atoms with E-state index in [-0.39, 0.29) is 25.7 Å². The Morgan fingerprint density at radius 3 is 2.63 bits per heavy atom. The van der Waals surface area contributed by atoms with Gasteiger partial charge < -0.3 is 14.8 Å². The maximum Gasteiger partial charge on any atom is 0.508 e. The molecule has 0 heterocycles. The molecule has 0 atom stereocenters. The normalized spacial score (nSPS) is 10.2. The molecule has 0 saturated carbocycles. The lowest BCUT2D eigenvalue weighted by Gasteiger charge is -2.04. The number of hydrogen-bond donors (Lipinski definition) is 1. The number of carbonyl (C=O) groups is 2. The summed E-state index contributed by atoms with van der Waals surface area (Å²) < 4.78 is 9.26. The van der Waals surface area contributed by atoms with Crippen LogP contribution in [0.4, 0.5) is 4.79 Å². The van der Waals surface area contributed by atoms with Crippen LogP contribution in [-0.2, 0) is 14.3 Å². The van der Waals surface area contributed by atoms with E-state index in [1.54, 1.807) is 13.0 Å². The summed E-state index contributed by atoms with van der Waals surface area (Å²) in [4.78, 5) is 22.2. The van der Waals surface area contributed by atoms with E-state index in [1.807, 2.05) is 30.3 Å². The molecule has 0 unspecified atom stereocenters. The molecule has 1 aromatic carbocycles. The summed E-state index contributed by atoms with van der Waals surface area (Å²) >= 11 is 0. The Kier molecular flexibility index (Phi) is 6.79. The van der Waals surface area contributed by atoms with Crippen LogP contribution in [0.25, 0.3) is 6.08 Å². The van der Waals surface area contributed by atoms with Crippen LogP contribution < -0.4 is 5.32 Å². The lowest BCUT2D eigenvalue weighted by molar-refractivity contribution is -0.116. The zero-order valence-electron chi connectivity index (χ0n) is 10.8. The quantitative estimate of drug-likeness (QED) is 0.484. The Labute approximate surface area is 112 Å². The molecule has 0 radical (unpaired) electrons. The van der Waals surface area contributed by atoms with Crippen molar-refractivity contribution in [3.8, 4) is 0 Å². The van der Waals surface area contributed by atoms with E-state index in [1.165, 1.54) is 6.08 Å². The summed E-state index contributed by atoms with van der Waals surface area (Å²) in [7, 11) is 0. The van der Waals surface area contributed by atoms with Gasteiger partial charge >= 0.3 is 6.16 Å². The molecule has 0 saturated heterocycles. The number of nitrogens with one attached hydrogen (secondary N) is 1. The van der Waals surface area contributed by atoms with Crippen molar-refractivity contribution in [2.45, 2.75) is 6.92 Å². The van der Waals surface area contributed by atoms with Crippen LogP contribution in [0.2, 0.25) is 0 Å². The third-order valence-corrected chi connectivity index (χ3v) is 2.11. The molecule has 0 aliphatic rings. The Bertz CT molecular complexity index is 428. The van der Waals surface area contributed by atoms with Gasteiger partial charge in [-0.1, -0.05) is 30.3 Å². The van der Waals surface area contributed by atoms with Gasteiger partial charge in [0.1, 0.15) is 6.61 Å². The Hall–Kier alpha value is -2.30. The molecule has 5 nitrogen and oxygen atoms in total. The number of rotatable bonds is 6. The van der Waals surface area contributed by atoms with Gasteiger partial charge in [-0.3, -0.25) is 4.79 Å². The average Bonchev–Trinajstić information content (AvgIpc) is 2.43. The summed E-state index contributed by atoms with van der Waals surface area (Å²) in [5, 5.41) is 2.59. The predicted octanol–water partition coefficient (Wildman–Crippen LogP) is 1.99. The van der Waals surface area contributed by atoms with Crippen LogP contribution in [-0.4, -0.2) is 31.8 Å². The van der Waals surface area contributed by atoms with Gasteiger partial charge in [0.15, 0.2) is 0 Å². The molecule has 0 aromatic heterocycles. The van der Waals surface area contributed by atoms with E-state index in [9.17, 15) is 9.59 Å². The number of ether oxygens (including phenoxy) is 2. The Balaban J connectivity index is 2.18. The molecule has 0 spiro atoms. The van der Waals surface area contributed by atoms with E-state index in [0.717, 1.165) is 5.56 Å². The highest BCUT2D eigenvalue weighted by molar-refractivity contribution is 5.91. The molecule has 1 aromatic rings. The van der Waals surface area contributed by atoms with E-state index in [4.69, 9.17) is 4.74 Å². The topological polar surface area (TPSA) is 64.6 Å². The smallest absolute Gasteiger partial charge is 0.435 e. The largest absolute Gasteiger partial charge is 0.508 e. The molecule has 1 N–H and O–H groups in total. The second-order valence-corrected chi connectivity index (χ2v) is 3.57. The first-order chi connectivity index (χ1) is 9.22. The SMILES string of the molecule is CCOC(=O)OCCNC(=O)/C=C/c1ccccc1. The van der Waals surface area contributed by atoms with E-state index in [2.05, 4.69) is 10.1 Å². The fourth-order valence-electron chi connectivity index (χ4n) is 1.26. The molecule has 1 rings (SSSR count). The van der Waals surface area contributed by atoms with Crippen molar-refractivity contribution >= 4 is 18.1 Å². The van der Waals surface area contributed by atoms with Gasteiger partial charge in [0.25, 0.3) is 0 Å². The van der Waals surface area contributed by atoms with Gasteiger partial charge in [-0.15, -0.1) is 0 Å². The second-order valence-electron chi connectivity index (χ2n) is 3.57. The number of benzene rings is 1. The lowest BCUT2D eigenvalue weighted by atomic mass is 10.2. The number of amides is 1. The molecule has 0 aliphatic carbocycles. The monoisotopic (exact) mass is 263 g/mol. The van der Waals surface area contributed by atoms with Crippen LogP contribution in [0.5, 0.6) is 0 Å². The minimum Gasteiger partial charge on any atom is -0.435 e. The van der Waals surface area contributed by atoms with Gasteiger partial charge in [0.05, 0.1) is 13.2 Å². The highest BCUT2D eigenvalue weighted by Gasteiger charge is 2.01. The molecule has 102 valence electrons. The summed E-state index contributed by atoms with van der Waals surface area (Å²) in [6.45, 7) is 2.29. The van der Waals surface area contributed by atoms with Crippen LogP contribution in [0.15, 0.2) is 36.4 Å². The number of carbonyl (C=O) groups excluding carboxylic acids is 2. The maximum atomic E-state index is 11.4. The molecule has 0 fully saturated rings. The van der Waals surface area contributed by atoms with Crippen molar-refractivity contribution in [2.75, 3.05) is 19.8 Å². The summed E-state index contributed by atoms with van der Waals surface area (Å²) in [6.07, 6.45) is 2.41. The van der Waals surface area contributed by atoms with Crippen LogP contribution in [0.3, 0.4) is 0 Å². The van der Waals surface area contributed by atoms with Crippen molar-refractivity contribution < 1.29 is 19.1 Å². The van der Waals surface area contributed by atoms with Gasteiger partial charge in [0, 0.05) is 6.08 Å². The van der Waals surface area contributed by atoms with Crippen molar-refractivity contribution in [2.24, 2.45) is 0 Å². The molecule has 0 bridgehead atoms. The lowest BCUT2D eigenvalue weighted by Crippen LogP contribution is -2.26. The molecule has 0 aliphatic heterocycles. The zero-order valence-corrected chi connectivity index (χ0v) is 10.8. The first-order valence-electron chi connectivity index (χ1n) is 6.03. The Morgan fingerprint density at radius 2 is 1.95 bits per heavy atom. The minimum atomic E-state index is -0.725. The minimum absolute atomic E-state index is 0.0871. The van der Waals surface area contributed by atoms with E-state index in [0.29, 0.717) is 0 Å². The van der Waals surface area contributed by atoms with Crippen molar-refractivity contribution in [1.29, 1.82) is 0 Å². The molecule has 19 heavy (non-hydrogen) atoms. The first-order valence-corrected chi connectivity index (χ1v) is 6.03. The third-order valence-electron chi connectivity index (χ3n) is 2.11. The van der Waals surface area contributed by atoms with Crippen LogP contribution in [0.1, 0.15) is 12.5 Å². The summed E-state index contributed by atoms with van der Waals surface area (Å²) in [6, 6.07) is 9.49. The summed E-state index contributed by atoms with van der Waals surface area (Å²) in [5.41, 5.74) is 0.945. The van der Waals surface area contributed by atoms with E-state index >= 15 is 0 Å². The fraction of sp³-hybridized carbons (Fsp3) is 0.286. The second kappa shape index (κ2) is 8.74. The highest BCUT2D eigenvalue weighted by atomic mass is 16.7. The van der Waals surface area contributed by atoms with Crippen molar-refractivity contribution in [3.05, 3.63) is 42.0 Å². The first kappa shape index (κ1) is 14.8. The fourth-order valence-corrected chi connectivity index (χ4v) is 1.26. The highest BCUT2D eigenvalue weighted by Crippen LogP contribution is 2.00. The standard InChI is InChI=1S/C14H17NO4/c1-2-18-14(17)19-11-10-15-13(16)9-8-12-6-4-3-5-7-12/h3-9H,2,10-11H2,1H3,(H,15,16)/b9-8+. The zero-order chi connectivity index (χ0) is 13.9. The van der Waals surface area contributed by atoms with Crippen molar-refractivity contribution in [1.82, 2.24) is 5.32 Å². The van der Waals surface area contributed by atoms with Gasteiger partial charge in [-0.25, -0.2) is 4.79 Å². The summed E-state index contributed by atoms with van der Waals surface area (Å²) in [5.74, 6) is -0.240. The molecular weight excluding hydrogens is 246 g/mol. The van der Waals surface area contributed by atoms with E-state index < -0.39 is 6.16 Å². The van der Waals surface area contributed by atoms with Gasteiger partial charge in [0.2, 0.25) is 5.91 Å². The van der Waals surface area contributed by atoms with Crippen molar-refractivity contribution in [3.63, 3.8) is 0 Å². The molecular formula is C14H17NO4. The Morgan fingerprint density at radius 1 is 1.21 bits per heavy atom. The predicted molar refractivity (Wildman–Crippen MR) is 71.5 cm³/mol.